The number of rotatable bonds is 5. The molecule has 2 rings (SSSR count). The standard InChI is InChI=1S/C14H11Cl2N3O4/c1-8-11(15)6-17-14(13(8)16)18-12(20)7-23-10-4-2-9(3-5-10)19(21)22/h2-6H,7H2,1H3,(H,17,18,20). The number of nitro groups is 1. The molecule has 0 atom stereocenters. The Labute approximate surface area is 141 Å². The largest absolute Gasteiger partial charge is 0.484 e. The molecule has 0 radical (unpaired) electrons. The molecule has 0 saturated heterocycles. The van der Waals surface area contributed by atoms with E-state index in [1.165, 1.54) is 30.5 Å². The average Bonchev–Trinajstić information content (AvgIpc) is 2.54. The zero-order chi connectivity index (χ0) is 17.0. The first-order chi connectivity index (χ1) is 10.9. The van der Waals surface area contributed by atoms with Gasteiger partial charge in [0, 0.05) is 18.3 Å². The van der Waals surface area contributed by atoms with Gasteiger partial charge in [0.1, 0.15) is 5.75 Å². The third-order valence-electron chi connectivity index (χ3n) is 2.88. The fourth-order valence-electron chi connectivity index (χ4n) is 1.63. The predicted molar refractivity (Wildman–Crippen MR) is 86.2 cm³/mol. The Kier molecular flexibility index (Phi) is 5.36. The molecule has 9 heteroatoms. The molecule has 0 aliphatic rings. The van der Waals surface area contributed by atoms with Crippen LogP contribution >= 0.6 is 23.2 Å². The van der Waals surface area contributed by atoms with Crippen molar-refractivity contribution in [1.82, 2.24) is 4.98 Å². The second-order valence-electron chi connectivity index (χ2n) is 4.48. The zero-order valence-corrected chi connectivity index (χ0v) is 13.4. The quantitative estimate of drug-likeness (QED) is 0.652. The van der Waals surface area contributed by atoms with Crippen LogP contribution < -0.4 is 10.1 Å². The van der Waals surface area contributed by atoms with E-state index < -0.39 is 10.8 Å². The number of ether oxygens (including phenoxy) is 1. The van der Waals surface area contributed by atoms with Crippen LogP contribution in [0.25, 0.3) is 0 Å². The number of nitrogens with zero attached hydrogens (tertiary/aromatic N) is 2. The third-order valence-corrected chi connectivity index (χ3v) is 3.72. The highest BCUT2D eigenvalue weighted by atomic mass is 35.5. The molecule has 1 N–H and O–H groups in total. The molecule has 7 nitrogen and oxygen atoms in total. The lowest BCUT2D eigenvalue weighted by Gasteiger charge is -2.10. The molecule has 0 spiro atoms. The van der Waals surface area contributed by atoms with Gasteiger partial charge < -0.3 is 10.1 Å². The fourth-order valence-corrected chi connectivity index (χ4v) is 2.01. The second kappa shape index (κ2) is 7.26. The topological polar surface area (TPSA) is 94.4 Å². The van der Waals surface area contributed by atoms with Gasteiger partial charge in [0.15, 0.2) is 12.4 Å². The van der Waals surface area contributed by atoms with Gasteiger partial charge in [0.25, 0.3) is 11.6 Å². The lowest BCUT2D eigenvalue weighted by atomic mass is 10.3. The fraction of sp³-hybridized carbons (Fsp3) is 0.143. The highest BCUT2D eigenvalue weighted by molar-refractivity contribution is 6.37. The van der Waals surface area contributed by atoms with E-state index in [1.807, 2.05) is 0 Å². The predicted octanol–water partition coefficient (Wildman–Crippen LogP) is 3.62. The van der Waals surface area contributed by atoms with Gasteiger partial charge in [-0.15, -0.1) is 0 Å². The van der Waals surface area contributed by atoms with E-state index in [9.17, 15) is 14.9 Å². The van der Waals surface area contributed by atoms with Crippen molar-refractivity contribution in [2.45, 2.75) is 6.92 Å². The van der Waals surface area contributed by atoms with E-state index in [0.29, 0.717) is 16.3 Å². The summed E-state index contributed by atoms with van der Waals surface area (Å²) in [5.41, 5.74) is 0.546. The van der Waals surface area contributed by atoms with Gasteiger partial charge in [0.05, 0.1) is 15.0 Å². The number of aromatic nitrogens is 1. The number of hydrogen-bond donors (Lipinski definition) is 1. The van der Waals surface area contributed by atoms with Crippen molar-refractivity contribution < 1.29 is 14.5 Å². The number of carbonyl (C=O) groups excluding carboxylic acids is 1. The van der Waals surface area contributed by atoms with E-state index in [2.05, 4.69) is 10.3 Å². The summed E-state index contributed by atoms with van der Waals surface area (Å²) in [6, 6.07) is 5.38. The van der Waals surface area contributed by atoms with E-state index in [0.717, 1.165) is 0 Å². The van der Waals surface area contributed by atoms with Crippen LogP contribution in [-0.2, 0) is 4.79 Å². The number of nitro benzene ring substituents is 1. The molecule has 1 amide bonds. The second-order valence-corrected chi connectivity index (χ2v) is 5.27. The van der Waals surface area contributed by atoms with Gasteiger partial charge in [-0.2, -0.15) is 0 Å². The zero-order valence-electron chi connectivity index (χ0n) is 11.9. The maximum absolute atomic E-state index is 11.8. The Hall–Kier alpha value is -2.38. The summed E-state index contributed by atoms with van der Waals surface area (Å²) in [6.45, 7) is 1.41. The number of non-ortho nitro benzene ring substituents is 1. The summed E-state index contributed by atoms with van der Waals surface area (Å²) in [5, 5.41) is 13.7. The van der Waals surface area contributed by atoms with E-state index in [1.54, 1.807) is 6.92 Å². The SMILES string of the molecule is Cc1c(Cl)cnc(NC(=O)COc2ccc([N+](=O)[O-])cc2)c1Cl. The molecule has 1 aromatic carbocycles. The van der Waals surface area contributed by atoms with E-state index in [-0.39, 0.29) is 23.1 Å². The molecule has 0 aliphatic carbocycles. The van der Waals surface area contributed by atoms with Crippen molar-refractivity contribution in [3.8, 4) is 5.75 Å². The smallest absolute Gasteiger partial charge is 0.269 e. The van der Waals surface area contributed by atoms with Crippen LogP contribution in [0.2, 0.25) is 10.0 Å². The van der Waals surface area contributed by atoms with Crippen molar-refractivity contribution in [2.75, 3.05) is 11.9 Å². The van der Waals surface area contributed by atoms with Crippen molar-refractivity contribution in [3.63, 3.8) is 0 Å². The van der Waals surface area contributed by atoms with Crippen LogP contribution in [0.5, 0.6) is 5.75 Å². The van der Waals surface area contributed by atoms with Crippen LogP contribution in [-0.4, -0.2) is 22.4 Å². The first kappa shape index (κ1) is 17.0. The van der Waals surface area contributed by atoms with Gasteiger partial charge in [-0.3, -0.25) is 14.9 Å². The Bertz CT molecular complexity index is 750. The van der Waals surface area contributed by atoms with Crippen molar-refractivity contribution >= 4 is 40.6 Å². The third kappa shape index (κ3) is 4.30. The molecule has 0 bridgehead atoms. The summed E-state index contributed by atoms with van der Waals surface area (Å²) in [7, 11) is 0. The Balaban J connectivity index is 1.95. The lowest BCUT2D eigenvalue weighted by molar-refractivity contribution is -0.384. The first-order valence-corrected chi connectivity index (χ1v) is 7.11. The number of hydrogen-bond acceptors (Lipinski definition) is 5. The summed E-state index contributed by atoms with van der Waals surface area (Å²) in [4.78, 5) is 25.8. The molecule has 0 unspecified atom stereocenters. The lowest BCUT2D eigenvalue weighted by Crippen LogP contribution is -2.21. The molecule has 0 saturated carbocycles. The van der Waals surface area contributed by atoms with Gasteiger partial charge in [0.2, 0.25) is 0 Å². The van der Waals surface area contributed by atoms with Crippen LogP contribution in [0.1, 0.15) is 5.56 Å². The van der Waals surface area contributed by atoms with Crippen molar-refractivity contribution in [2.24, 2.45) is 0 Å². The Morgan fingerprint density at radius 2 is 2.00 bits per heavy atom. The average molecular weight is 356 g/mol. The van der Waals surface area contributed by atoms with E-state index >= 15 is 0 Å². The minimum Gasteiger partial charge on any atom is -0.484 e. The number of pyridine rings is 1. The number of anilines is 1. The Morgan fingerprint density at radius 1 is 1.35 bits per heavy atom. The maximum atomic E-state index is 11.8. The van der Waals surface area contributed by atoms with Crippen LogP contribution in [0.3, 0.4) is 0 Å². The highest BCUT2D eigenvalue weighted by Gasteiger charge is 2.12. The molecule has 1 heterocycles. The van der Waals surface area contributed by atoms with Crippen molar-refractivity contribution in [3.05, 3.63) is 56.2 Å². The van der Waals surface area contributed by atoms with Gasteiger partial charge in [-0.25, -0.2) is 4.98 Å². The number of benzene rings is 1. The van der Waals surface area contributed by atoms with Gasteiger partial charge in [-0.05, 0) is 24.6 Å². The number of carbonyl (C=O) groups is 1. The summed E-state index contributed by atoms with van der Waals surface area (Å²) >= 11 is 11.9. The minimum absolute atomic E-state index is 0.0607. The number of nitrogens with one attached hydrogen (secondary N) is 1. The highest BCUT2D eigenvalue weighted by Crippen LogP contribution is 2.28. The Morgan fingerprint density at radius 3 is 2.61 bits per heavy atom. The van der Waals surface area contributed by atoms with Crippen LogP contribution in [0, 0.1) is 17.0 Å². The van der Waals surface area contributed by atoms with Gasteiger partial charge >= 0.3 is 0 Å². The molecule has 0 aliphatic heterocycles. The first-order valence-electron chi connectivity index (χ1n) is 6.36. The molecular formula is C14H11Cl2N3O4. The maximum Gasteiger partial charge on any atom is 0.269 e. The summed E-state index contributed by atoms with van der Waals surface area (Å²) in [5.74, 6) is 0.0439. The summed E-state index contributed by atoms with van der Waals surface area (Å²) in [6.07, 6.45) is 1.38. The molecule has 23 heavy (non-hydrogen) atoms. The number of halogens is 2. The molecule has 2 aromatic rings. The van der Waals surface area contributed by atoms with E-state index in [4.69, 9.17) is 27.9 Å². The molecule has 0 fully saturated rings. The van der Waals surface area contributed by atoms with Crippen LogP contribution in [0.4, 0.5) is 11.5 Å². The monoisotopic (exact) mass is 355 g/mol. The molecule has 120 valence electrons. The normalized spacial score (nSPS) is 10.2. The molecule has 1 aromatic heterocycles. The van der Waals surface area contributed by atoms with Gasteiger partial charge in [-0.1, -0.05) is 23.2 Å². The minimum atomic E-state index is -0.521. The summed E-state index contributed by atoms with van der Waals surface area (Å²) < 4.78 is 5.24. The van der Waals surface area contributed by atoms with Crippen molar-refractivity contribution in [1.29, 1.82) is 0 Å². The van der Waals surface area contributed by atoms with Crippen LogP contribution in [0.15, 0.2) is 30.5 Å². The molecular weight excluding hydrogens is 345 g/mol. The number of amides is 1.